The van der Waals surface area contributed by atoms with Crippen LogP contribution in [0.1, 0.15) is 0 Å². The molecule has 1 heterocycles. The van der Waals surface area contributed by atoms with Crippen LogP contribution in [0.3, 0.4) is 0 Å². The summed E-state index contributed by atoms with van der Waals surface area (Å²) in [7, 11) is 3.21. The summed E-state index contributed by atoms with van der Waals surface area (Å²) in [5.41, 5.74) is 2.01. The smallest absolute Gasteiger partial charge is 0.161 e. The van der Waals surface area contributed by atoms with Gasteiger partial charge in [0.1, 0.15) is 31.7 Å². The Morgan fingerprint density at radius 3 is 1.96 bits per heavy atom. The van der Waals surface area contributed by atoms with Crippen molar-refractivity contribution in [2.75, 3.05) is 66.8 Å². The van der Waals surface area contributed by atoms with Crippen LogP contribution >= 0.6 is 0 Å². The summed E-state index contributed by atoms with van der Waals surface area (Å²) in [6, 6.07) is 28.9. The highest BCUT2D eigenvalue weighted by Gasteiger charge is 2.18. The normalized spacial score (nSPS) is 12.7. The van der Waals surface area contributed by atoms with E-state index in [1.807, 2.05) is 89.8 Å². The first-order chi connectivity index (χ1) is 22.6. The van der Waals surface area contributed by atoms with Gasteiger partial charge in [0.05, 0.1) is 25.8 Å². The SMILES string of the molecule is COc1ccccc1OCCNC[C@H](O)CN(CCOc1ccccc1OC)C[C@H](O)COc1cccc2[nH]c3ccccc3c12. The summed E-state index contributed by atoms with van der Waals surface area (Å²) in [4.78, 5) is 5.40. The van der Waals surface area contributed by atoms with Crippen molar-refractivity contribution in [1.82, 2.24) is 15.2 Å². The van der Waals surface area contributed by atoms with Crippen LogP contribution in [0.5, 0.6) is 28.7 Å². The first kappa shape index (κ1) is 32.9. The molecule has 0 aliphatic heterocycles. The second-order valence-electron chi connectivity index (χ2n) is 10.9. The van der Waals surface area contributed by atoms with Crippen molar-refractivity contribution >= 4 is 21.8 Å². The molecule has 0 bridgehead atoms. The fourth-order valence-corrected chi connectivity index (χ4v) is 5.41. The average Bonchev–Trinajstić information content (AvgIpc) is 3.47. The molecule has 5 rings (SSSR count). The molecular formula is C36H43N3O7. The van der Waals surface area contributed by atoms with E-state index in [2.05, 4.69) is 16.4 Å². The van der Waals surface area contributed by atoms with Crippen molar-refractivity contribution in [3.63, 3.8) is 0 Å². The maximum atomic E-state index is 11.1. The van der Waals surface area contributed by atoms with Gasteiger partial charge in [0.15, 0.2) is 23.0 Å². The molecule has 244 valence electrons. The number of H-pyrrole nitrogens is 1. The molecule has 0 fully saturated rings. The van der Waals surface area contributed by atoms with Gasteiger partial charge in [-0.2, -0.15) is 0 Å². The number of nitrogens with zero attached hydrogens (tertiary/aromatic N) is 1. The minimum absolute atomic E-state index is 0.0944. The third-order valence-electron chi connectivity index (χ3n) is 7.58. The predicted molar refractivity (Wildman–Crippen MR) is 180 cm³/mol. The molecule has 46 heavy (non-hydrogen) atoms. The Labute approximate surface area is 269 Å². The number of rotatable bonds is 19. The molecular weight excluding hydrogens is 586 g/mol. The van der Waals surface area contributed by atoms with Crippen molar-refractivity contribution in [3.05, 3.63) is 91.0 Å². The summed E-state index contributed by atoms with van der Waals surface area (Å²) < 4.78 is 28.7. The number of ether oxygens (including phenoxy) is 5. The van der Waals surface area contributed by atoms with E-state index in [1.165, 1.54) is 0 Å². The molecule has 0 aliphatic carbocycles. The number of aromatic nitrogens is 1. The lowest BCUT2D eigenvalue weighted by atomic mass is 10.1. The molecule has 4 N–H and O–H groups in total. The summed E-state index contributed by atoms with van der Waals surface area (Å²) in [5, 5.41) is 27.3. The maximum Gasteiger partial charge on any atom is 0.161 e. The van der Waals surface area contributed by atoms with E-state index in [9.17, 15) is 10.2 Å². The highest BCUT2D eigenvalue weighted by atomic mass is 16.5. The first-order valence-corrected chi connectivity index (χ1v) is 15.5. The zero-order valence-electron chi connectivity index (χ0n) is 26.4. The number of para-hydroxylation sites is 5. The Balaban J connectivity index is 1.15. The van der Waals surface area contributed by atoms with Crippen LogP contribution in [0.2, 0.25) is 0 Å². The van der Waals surface area contributed by atoms with Gasteiger partial charge in [0, 0.05) is 49.0 Å². The molecule has 5 aromatic rings. The van der Waals surface area contributed by atoms with Crippen LogP contribution < -0.4 is 29.0 Å². The van der Waals surface area contributed by atoms with E-state index in [4.69, 9.17) is 23.7 Å². The molecule has 0 unspecified atom stereocenters. The number of aliphatic hydroxyl groups is 2. The zero-order valence-corrected chi connectivity index (χ0v) is 26.4. The highest BCUT2D eigenvalue weighted by molar-refractivity contribution is 6.10. The van der Waals surface area contributed by atoms with Crippen LogP contribution in [0.25, 0.3) is 21.8 Å². The van der Waals surface area contributed by atoms with Gasteiger partial charge in [-0.05, 0) is 42.5 Å². The van der Waals surface area contributed by atoms with Crippen molar-refractivity contribution in [3.8, 4) is 28.7 Å². The summed E-state index contributed by atoms with van der Waals surface area (Å²) in [6.45, 7) is 2.84. The minimum atomic E-state index is -0.805. The molecule has 0 spiro atoms. The number of aromatic amines is 1. The standard InChI is InChI=1S/C36H43N3O7/c1-42-31-13-5-7-15-33(31)44-20-18-37-22-26(40)23-39(19-21-45-34-16-8-6-14-32(34)43-2)24-27(41)25-46-35-17-9-12-30-36(35)28-10-3-4-11-29(28)38-30/h3-17,26-27,37-38,40-41H,18-25H2,1-2H3/t26-,27-/m0/s1. The third kappa shape index (κ3) is 8.82. The van der Waals surface area contributed by atoms with Crippen molar-refractivity contribution in [1.29, 1.82) is 0 Å². The van der Waals surface area contributed by atoms with Gasteiger partial charge in [-0.15, -0.1) is 0 Å². The predicted octanol–water partition coefficient (Wildman–Crippen LogP) is 4.49. The van der Waals surface area contributed by atoms with Crippen LogP contribution in [0.15, 0.2) is 91.0 Å². The molecule has 4 aromatic carbocycles. The Kier molecular flexibility index (Phi) is 12.0. The van der Waals surface area contributed by atoms with Gasteiger partial charge in [0.25, 0.3) is 0 Å². The molecule has 2 atom stereocenters. The number of hydrogen-bond acceptors (Lipinski definition) is 9. The molecule has 1 aromatic heterocycles. The van der Waals surface area contributed by atoms with E-state index in [0.717, 1.165) is 21.8 Å². The number of nitrogens with one attached hydrogen (secondary N) is 2. The second kappa shape index (κ2) is 16.7. The number of aliphatic hydroxyl groups excluding tert-OH is 2. The largest absolute Gasteiger partial charge is 0.493 e. The Morgan fingerprint density at radius 2 is 1.24 bits per heavy atom. The quantitative estimate of drug-likeness (QED) is 0.0981. The molecule has 0 saturated heterocycles. The van der Waals surface area contributed by atoms with E-state index in [1.54, 1.807) is 14.2 Å². The topological polar surface area (TPSA) is 118 Å². The lowest BCUT2D eigenvalue weighted by molar-refractivity contribution is 0.0403. The van der Waals surface area contributed by atoms with Crippen LogP contribution in [-0.4, -0.2) is 99.1 Å². The Morgan fingerprint density at radius 1 is 0.652 bits per heavy atom. The van der Waals surface area contributed by atoms with Crippen LogP contribution in [-0.2, 0) is 0 Å². The van der Waals surface area contributed by atoms with Gasteiger partial charge in [-0.3, -0.25) is 4.90 Å². The monoisotopic (exact) mass is 629 g/mol. The van der Waals surface area contributed by atoms with Crippen LogP contribution in [0, 0.1) is 0 Å². The summed E-state index contributed by atoms with van der Waals surface area (Å²) in [6.07, 6.45) is -1.49. The van der Waals surface area contributed by atoms with Gasteiger partial charge >= 0.3 is 0 Å². The lowest BCUT2D eigenvalue weighted by Gasteiger charge is -2.27. The number of benzene rings is 4. The Hall–Kier alpha value is -4.48. The fraction of sp³-hybridized carbons (Fsp3) is 0.333. The molecule has 0 aliphatic rings. The molecule has 10 heteroatoms. The van der Waals surface area contributed by atoms with Crippen molar-refractivity contribution in [2.24, 2.45) is 0 Å². The van der Waals surface area contributed by atoms with Crippen molar-refractivity contribution in [2.45, 2.75) is 12.2 Å². The summed E-state index contributed by atoms with van der Waals surface area (Å²) in [5.74, 6) is 3.34. The summed E-state index contributed by atoms with van der Waals surface area (Å²) >= 11 is 0. The first-order valence-electron chi connectivity index (χ1n) is 15.5. The minimum Gasteiger partial charge on any atom is -0.493 e. The number of hydrogen-bond donors (Lipinski definition) is 4. The number of methoxy groups -OCH3 is 2. The molecule has 0 radical (unpaired) electrons. The van der Waals surface area contributed by atoms with E-state index in [0.29, 0.717) is 68.1 Å². The van der Waals surface area contributed by atoms with E-state index in [-0.39, 0.29) is 13.2 Å². The number of fused-ring (bicyclic) bond motifs is 3. The van der Waals surface area contributed by atoms with Gasteiger partial charge in [-0.25, -0.2) is 0 Å². The molecule has 10 nitrogen and oxygen atoms in total. The van der Waals surface area contributed by atoms with E-state index < -0.39 is 12.2 Å². The van der Waals surface area contributed by atoms with Gasteiger partial charge in [0.2, 0.25) is 0 Å². The second-order valence-corrected chi connectivity index (χ2v) is 10.9. The maximum absolute atomic E-state index is 11.1. The molecule has 0 saturated carbocycles. The van der Waals surface area contributed by atoms with Gasteiger partial charge < -0.3 is 44.2 Å². The fourth-order valence-electron chi connectivity index (χ4n) is 5.41. The van der Waals surface area contributed by atoms with Crippen molar-refractivity contribution < 1.29 is 33.9 Å². The highest BCUT2D eigenvalue weighted by Crippen LogP contribution is 2.33. The van der Waals surface area contributed by atoms with E-state index >= 15 is 0 Å². The Bertz CT molecular complexity index is 1660. The van der Waals surface area contributed by atoms with Crippen LogP contribution in [0.4, 0.5) is 0 Å². The van der Waals surface area contributed by atoms with Gasteiger partial charge in [-0.1, -0.05) is 48.5 Å². The zero-order chi connectivity index (χ0) is 32.1. The third-order valence-corrected chi connectivity index (χ3v) is 7.58. The molecule has 0 amide bonds. The average molecular weight is 630 g/mol. The lowest BCUT2D eigenvalue weighted by Crippen LogP contribution is -2.44.